The maximum Gasteiger partial charge on any atom is 0.407 e. The Kier molecular flexibility index (Phi) is 13.7. The third kappa shape index (κ3) is 17.2. The molecule has 0 heterocycles. The van der Waals surface area contributed by atoms with E-state index in [4.69, 9.17) is 15.2 Å². The lowest BCUT2D eigenvalue weighted by molar-refractivity contribution is 0.0310. The van der Waals surface area contributed by atoms with Gasteiger partial charge >= 0.3 is 18.3 Å². The van der Waals surface area contributed by atoms with Crippen LogP contribution in [0.1, 0.15) is 73.1 Å². The number of carbonyl (C=O) groups is 3. The van der Waals surface area contributed by atoms with Crippen molar-refractivity contribution in [3.05, 3.63) is 0 Å². The van der Waals surface area contributed by atoms with Crippen LogP contribution in [0.3, 0.4) is 0 Å². The van der Waals surface area contributed by atoms with Gasteiger partial charge in [-0.3, -0.25) is 0 Å². The molecule has 0 unspecified atom stereocenters. The van der Waals surface area contributed by atoms with E-state index in [9.17, 15) is 19.5 Å². The first kappa shape index (κ1) is 28.8. The fraction of sp³-hybridized carbons (Fsp3) is 0.857. The Morgan fingerprint density at radius 1 is 0.839 bits per heavy atom. The van der Waals surface area contributed by atoms with Crippen LogP contribution < -0.4 is 16.4 Å². The Balaban J connectivity index is 4.00. The van der Waals surface area contributed by atoms with E-state index in [1.807, 2.05) is 13.8 Å². The quantitative estimate of drug-likeness (QED) is 0.300. The monoisotopic (exact) mass is 446 g/mol. The van der Waals surface area contributed by atoms with Gasteiger partial charge in [-0.15, -0.1) is 0 Å². The molecule has 0 aromatic rings. The summed E-state index contributed by atoms with van der Waals surface area (Å²) in [6.07, 6.45) is 2.25. The third-order valence-corrected chi connectivity index (χ3v) is 4.27. The second kappa shape index (κ2) is 14.7. The zero-order chi connectivity index (χ0) is 23.9. The van der Waals surface area contributed by atoms with Gasteiger partial charge in [0.25, 0.3) is 0 Å². The second-order valence-corrected chi connectivity index (χ2v) is 9.08. The van der Waals surface area contributed by atoms with Crippen LogP contribution in [0.2, 0.25) is 0 Å². The van der Waals surface area contributed by atoms with E-state index in [1.165, 1.54) is 4.90 Å². The molecule has 31 heavy (non-hydrogen) atoms. The van der Waals surface area contributed by atoms with Crippen LogP contribution in [-0.4, -0.2) is 72.2 Å². The highest BCUT2D eigenvalue weighted by Crippen LogP contribution is 2.17. The molecule has 3 amide bonds. The van der Waals surface area contributed by atoms with Crippen molar-refractivity contribution in [1.82, 2.24) is 15.5 Å². The normalized spacial score (nSPS) is 11.5. The van der Waals surface area contributed by atoms with Crippen LogP contribution in [0, 0.1) is 0 Å². The van der Waals surface area contributed by atoms with Gasteiger partial charge in [0.05, 0.1) is 0 Å². The zero-order valence-corrected chi connectivity index (χ0v) is 19.8. The summed E-state index contributed by atoms with van der Waals surface area (Å²) in [7, 11) is 0. The molecule has 0 aromatic carbocycles. The highest BCUT2D eigenvalue weighted by molar-refractivity contribution is 5.68. The van der Waals surface area contributed by atoms with Gasteiger partial charge in [-0.1, -0.05) is 0 Å². The maximum atomic E-state index is 11.9. The Hall–Kier alpha value is -2.23. The molecule has 0 radical (unpaired) electrons. The molecule has 0 saturated heterocycles. The van der Waals surface area contributed by atoms with Crippen molar-refractivity contribution >= 4 is 18.3 Å². The molecule has 0 aliphatic carbocycles. The van der Waals surface area contributed by atoms with Gasteiger partial charge in [-0.05, 0) is 79.7 Å². The molecule has 5 N–H and O–H groups in total. The minimum atomic E-state index is -1.01. The summed E-state index contributed by atoms with van der Waals surface area (Å²) >= 11 is 0. The summed E-state index contributed by atoms with van der Waals surface area (Å²) in [5.74, 6) is 0. The Morgan fingerprint density at radius 2 is 1.39 bits per heavy atom. The molecule has 0 spiro atoms. The molecule has 0 aromatic heterocycles. The molecule has 10 nitrogen and oxygen atoms in total. The van der Waals surface area contributed by atoms with Gasteiger partial charge in [0.15, 0.2) is 0 Å². The first-order chi connectivity index (χ1) is 14.4. The lowest BCUT2D eigenvalue weighted by Gasteiger charge is -2.25. The number of hydrogen-bond acceptors (Lipinski definition) is 6. The van der Waals surface area contributed by atoms with Crippen LogP contribution in [0.5, 0.6) is 0 Å². The van der Waals surface area contributed by atoms with E-state index in [0.29, 0.717) is 52.0 Å². The SMILES string of the molecule is CC(C)(C)OC(=O)NCCCN(CCCCNC(=O)OC(C)(C)CCCCN)C(=O)O. The van der Waals surface area contributed by atoms with Gasteiger partial charge < -0.3 is 35.8 Å². The summed E-state index contributed by atoms with van der Waals surface area (Å²) in [5, 5.41) is 14.6. The number of ether oxygens (including phenoxy) is 2. The first-order valence-electron chi connectivity index (χ1n) is 11.0. The summed E-state index contributed by atoms with van der Waals surface area (Å²) in [6.45, 7) is 11.1. The average molecular weight is 447 g/mol. The number of nitrogens with one attached hydrogen (secondary N) is 2. The van der Waals surface area contributed by atoms with E-state index >= 15 is 0 Å². The average Bonchev–Trinajstić information content (AvgIpc) is 2.61. The number of unbranched alkanes of at least 4 members (excludes halogenated alkanes) is 2. The van der Waals surface area contributed by atoms with Crippen LogP contribution >= 0.6 is 0 Å². The predicted octanol–water partition coefficient (Wildman–Crippen LogP) is 3.30. The molecule has 182 valence electrons. The van der Waals surface area contributed by atoms with Gasteiger partial charge in [0, 0.05) is 26.2 Å². The van der Waals surface area contributed by atoms with E-state index in [-0.39, 0.29) is 0 Å². The zero-order valence-electron chi connectivity index (χ0n) is 19.8. The largest absolute Gasteiger partial charge is 0.465 e. The minimum absolute atomic E-state index is 0.303. The molecule has 0 bridgehead atoms. The van der Waals surface area contributed by atoms with Gasteiger partial charge in [-0.25, -0.2) is 14.4 Å². The summed E-state index contributed by atoms with van der Waals surface area (Å²) < 4.78 is 10.6. The molecule has 0 saturated carbocycles. The van der Waals surface area contributed by atoms with Crippen LogP contribution in [0.25, 0.3) is 0 Å². The highest BCUT2D eigenvalue weighted by Gasteiger charge is 2.22. The van der Waals surface area contributed by atoms with Gasteiger partial charge in [0.1, 0.15) is 11.2 Å². The van der Waals surface area contributed by atoms with Crippen LogP contribution in [0.15, 0.2) is 0 Å². The molecule has 0 aliphatic heterocycles. The van der Waals surface area contributed by atoms with E-state index < -0.39 is 29.5 Å². The highest BCUT2D eigenvalue weighted by atomic mass is 16.6. The second-order valence-electron chi connectivity index (χ2n) is 9.08. The Bertz CT molecular complexity index is 548. The number of amides is 3. The molecule has 0 rings (SSSR count). The molecule has 0 fully saturated rings. The van der Waals surface area contributed by atoms with Gasteiger partial charge in [-0.2, -0.15) is 0 Å². The van der Waals surface area contributed by atoms with Gasteiger partial charge in [0.2, 0.25) is 0 Å². The number of carbonyl (C=O) groups excluding carboxylic acids is 2. The maximum absolute atomic E-state index is 11.9. The van der Waals surface area contributed by atoms with Crippen LogP contribution in [-0.2, 0) is 9.47 Å². The molecular weight excluding hydrogens is 404 g/mol. The molecule has 10 heteroatoms. The summed E-state index contributed by atoms with van der Waals surface area (Å²) in [4.78, 5) is 36.2. The summed E-state index contributed by atoms with van der Waals surface area (Å²) in [6, 6.07) is 0. The lowest BCUT2D eigenvalue weighted by Crippen LogP contribution is -2.37. The fourth-order valence-electron chi connectivity index (χ4n) is 2.73. The van der Waals surface area contributed by atoms with E-state index in [0.717, 1.165) is 19.3 Å². The first-order valence-corrected chi connectivity index (χ1v) is 11.0. The molecule has 0 aliphatic rings. The number of nitrogens with two attached hydrogens (primary N) is 1. The smallest absolute Gasteiger partial charge is 0.407 e. The van der Waals surface area contributed by atoms with Crippen LogP contribution in [0.4, 0.5) is 14.4 Å². The molecule has 0 atom stereocenters. The van der Waals surface area contributed by atoms with Crippen molar-refractivity contribution in [3.63, 3.8) is 0 Å². The Morgan fingerprint density at radius 3 is 1.94 bits per heavy atom. The molecular formula is C21H42N4O6. The van der Waals surface area contributed by atoms with Crippen molar-refractivity contribution in [3.8, 4) is 0 Å². The van der Waals surface area contributed by atoms with Crippen molar-refractivity contribution in [2.24, 2.45) is 5.73 Å². The predicted molar refractivity (Wildman–Crippen MR) is 119 cm³/mol. The van der Waals surface area contributed by atoms with Crippen molar-refractivity contribution in [1.29, 1.82) is 0 Å². The van der Waals surface area contributed by atoms with Crippen molar-refractivity contribution in [2.75, 3.05) is 32.7 Å². The van der Waals surface area contributed by atoms with Crippen molar-refractivity contribution in [2.45, 2.75) is 84.3 Å². The Labute approximate surface area is 186 Å². The van der Waals surface area contributed by atoms with E-state index in [1.54, 1.807) is 20.8 Å². The van der Waals surface area contributed by atoms with E-state index in [2.05, 4.69) is 10.6 Å². The standard InChI is InChI=1S/C21H42N4O6/c1-20(2,3)30-17(26)24-14-10-16-25(19(28)29)15-9-8-13-23-18(27)31-21(4,5)11-6-7-12-22/h6-16,22H2,1-5H3,(H,23,27)(H,24,26)(H,28,29). The number of rotatable bonds is 14. The number of carboxylic acid groups (broad SMARTS) is 1. The summed E-state index contributed by atoms with van der Waals surface area (Å²) in [5.41, 5.74) is 4.36. The fourth-order valence-corrected chi connectivity index (χ4v) is 2.73. The number of nitrogens with zero attached hydrogens (tertiary/aromatic N) is 1. The minimum Gasteiger partial charge on any atom is -0.465 e. The van der Waals surface area contributed by atoms with Crippen molar-refractivity contribution < 1.29 is 29.0 Å². The number of alkyl carbamates (subject to hydrolysis) is 2. The lowest BCUT2D eigenvalue weighted by atomic mass is 10.0. The third-order valence-electron chi connectivity index (χ3n) is 4.27. The topological polar surface area (TPSA) is 143 Å². The number of hydrogen-bond donors (Lipinski definition) is 4.